The molecule has 5 heteroatoms. The van der Waals surface area contributed by atoms with Crippen LogP contribution in [0.2, 0.25) is 0 Å². The number of piperazine rings is 1. The summed E-state index contributed by atoms with van der Waals surface area (Å²) in [4.78, 5) is 18.5. The van der Waals surface area contributed by atoms with E-state index >= 15 is 0 Å². The standard InChI is InChI=1S/C14H22N4O/c1-12(11-18-8-6-15-7-9-18)14(19)17-10-13-4-2-3-5-16-13/h2-5,12,15H,6-11H2,1H3,(H,17,19). The molecule has 5 nitrogen and oxygen atoms in total. The van der Waals surface area contributed by atoms with Crippen molar-refractivity contribution in [2.24, 2.45) is 5.92 Å². The van der Waals surface area contributed by atoms with Crippen LogP contribution in [0.1, 0.15) is 12.6 Å². The number of hydrogen-bond donors (Lipinski definition) is 2. The lowest BCUT2D eigenvalue weighted by Gasteiger charge is -2.29. The number of carbonyl (C=O) groups is 1. The molecule has 1 amide bonds. The maximum atomic E-state index is 12.0. The molecule has 2 N–H and O–H groups in total. The SMILES string of the molecule is CC(CN1CCNCC1)C(=O)NCc1ccccn1. The van der Waals surface area contributed by atoms with Crippen molar-refractivity contribution in [1.82, 2.24) is 20.5 Å². The van der Waals surface area contributed by atoms with Gasteiger partial charge in [-0.2, -0.15) is 0 Å². The summed E-state index contributed by atoms with van der Waals surface area (Å²) in [6.07, 6.45) is 1.74. The molecule has 0 saturated carbocycles. The number of carbonyl (C=O) groups excluding carboxylic acids is 1. The third kappa shape index (κ3) is 4.61. The number of rotatable bonds is 5. The van der Waals surface area contributed by atoms with Crippen molar-refractivity contribution in [2.75, 3.05) is 32.7 Å². The van der Waals surface area contributed by atoms with Gasteiger partial charge in [0.1, 0.15) is 0 Å². The van der Waals surface area contributed by atoms with Crippen molar-refractivity contribution in [2.45, 2.75) is 13.5 Å². The highest BCUT2D eigenvalue weighted by molar-refractivity contribution is 5.78. The summed E-state index contributed by atoms with van der Waals surface area (Å²) in [6.45, 7) is 7.40. The summed E-state index contributed by atoms with van der Waals surface area (Å²) >= 11 is 0. The first-order chi connectivity index (χ1) is 9.25. The van der Waals surface area contributed by atoms with E-state index in [2.05, 4.69) is 20.5 Å². The molecule has 0 radical (unpaired) electrons. The van der Waals surface area contributed by atoms with E-state index in [-0.39, 0.29) is 11.8 Å². The van der Waals surface area contributed by atoms with Crippen molar-refractivity contribution in [1.29, 1.82) is 0 Å². The Morgan fingerprint density at radius 1 is 1.47 bits per heavy atom. The largest absolute Gasteiger partial charge is 0.350 e. The Balaban J connectivity index is 1.72. The van der Waals surface area contributed by atoms with Gasteiger partial charge in [-0.05, 0) is 12.1 Å². The first-order valence-corrected chi connectivity index (χ1v) is 6.86. The third-order valence-electron chi connectivity index (χ3n) is 3.36. The maximum absolute atomic E-state index is 12.0. The van der Waals surface area contributed by atoms with Crippen molar-refractivity contribution >= 4 is 5.91 Å². The van der Waals surface area contributed by atoms with E-state index in [4.69, 9.17) is 0 Å². The predicted octanol–water partition coefficient (Wildman–Crippen LogP) is 0.239. The molecular weight excluding hydrogens is 240 g/mol. The molecule has 19 heavy (non-hydrogen) atoms. The fourth-order valence-electron chi connectivity index (χ4n) is 2.22. The second-order valence-corrected chi connectivity index (χ2v) is 4.99. The van der Waals surface area contributed by atoms with Gasteiger partial charge in [-0.1, -0.05) is 13.0 Å². The lowest BCUT2D eigenvalue weighted by atomic mass is 10.1. The van der Waals surface area contributed by atoms with E-state index in [1.54, 1.807) is 6.20 Å². The third-order valence-corrected chi connectivity index (χ3v) is 3.36. The number of pyridine rings is 1. The molecule has 2 rings (SSSR count). The Kier molecular flexibility index (Phi) is 5.30. The van der Waals surface area contributed by atoms with Crippen LogP contribution in [0.15, 0.2) is 24.4 Å². The Morgan fingerprint density at radius 3 is 2.95 bits per heavy atom. The second-order valence-electron chi connectivity index (χ2n) is 4.99. The monoisotopic (exact) mass is 262 g/mol. The molecular formula is C14H22N4O. The van der Waals surface area contributed by atoms with Crippen LogP contribution in [-0.4, -0.2) is 48.5 Å². The minimum atomic E-state index is 0.0156. The van der Waals surface area contributed by atoms with Gasteiger partial charge >= 0.3 is 0 Å². The second kappa shape index (κ2) is 7.21. The maximum Gasteiger partial charge on any atom is 0.224 e. The summed E-state index contributed by atoms with van der Waals surface area (Å²) in [5.74, 6) is 0.117. The lowest BCUT2D eigenvalue weighted by molar-refractivity contribution is -0.125. The van der Waals surface area contributed by atoms with Crippen LogP contribution in [0.5, 0.6) is 0 Å². The normalized spacial score (nSPS) is 17.9. The summed E-state index contributed by atoms with van der Waals surface area (Å²) in [7, 11) is 0. The average Bonchev–Trinajstić information content (AvgIpc) is 2.47. The minimum Gasteiger partial charge on any atom is -0.350 e. The van der Waals surface area contributed by atoms with Crippen molar-refractivity contribution in [3.63, 3.8) is 0 Å². The summed E-state index contributed by atoms with van der Waals surface area (Å²) < 4.78 is 0. The minimum absolute atomic E-state index is 0.0156. The number of amides is 1. The first-order valence-electron chi connectivity index (χ1n) is 6.86. The molecule has 1 aliphatic heterocycles. The molecule has 0 aromatic carbocycles. The molecule has 1 saturated heterocycles. The van der Waals surface area contributed by atoms with Crippen LogP contribution in [0.4, 0.5) is 0 Å². The first kappa shape index (κ1) is 14.0. The van der Waals surface area contributed by atoms with Crippen molar-refractivity contribution in [3.8, 4) is 0 Å². The van der Waals surface area contributed by atoms with Crippen molar-refractivity contribution < 1.29 is 4.79 Å². The topological polar surface area (TPSA) is 57.3 Å². The lowest BCUT2D eigenvalue weighted by Crippen LogP contribution is -2.47. The van der Waals surface area contributed by atoms with E-state index in [0.29, 0.717) is 6.54 Å². The highest BCUT2D eigenvalue weighted by Gasteiger charge is 2.18. The highest BCUT2D eigenvalue weighted by Crippen LogP contribution is 2.02. The molecule has 1 aromatic heterocycles. The zero-order chi connectivity index (χ0) is 13.5. The Morgan fingerprint density at radius 2 is 2.26 bits per heavy atom. The van der Waals surface area contributed by atoms with E-state index in [0.717, 1.165) is 38.4 Å². The van der Waals surface area contributed by atoms with Gasteiger partial charge in [0.25, 0.3) is 0 Å². The molecule has 0 spiro atoms. The highest BCUT2D eigenvalue weighted by atomic mass is 16.1. The van der Waals surface area contributed by atoms with E-state index in [1.807, 2.05) is 25.1 Å². The molecule has 1 aromatic rings. The van der Waals surface area contributed by atoms with Crippen LogP contribution < -0.4 is 10.6 Å². The summed E-state index contributed by atoms with van der Waals surface area (Å²) in [5, 5.41) is 6.26. The van der Waals surface area contributed by atoms with Crippen LogP contribution in [0.3, 0.4) is 0 Å². The van der Waals surface area contributed by atoms with Crippen LogP contribution in [0, 0.1) is 5.92 Å². The molecule has 0 bridgehead atoms. The fraction of sp³-hybridized carbons (Fsp3) is 0.571. The van der Waals surface area contributed by atoms with Gasteiger partial charge in [0, 0.05) is 44.8 Å². The van der Waals surface area contributed by atoms with Crippen molar-refractivity contribution in [3.05, 3.63) is 30.1 Å². The van der Waals surface area contributed by atoms with E-state index < -0.39 is 0 Å². The zero-order valence-electron chi connectivity index (χ0n) is 11.4. The van der Waals surface area contributed by atoms with Gasteiger partial charge in [0.05, 0.1) is 12.2 Å². The van der Waals surface area contributed by atoms with Crippen LogP contribution in [-0.2, 0) is 11.3 Å². The number of nitrogens with one attached hydrogen (secondary N) is 2. The van der Waals surface area contributed by atoms with Gasteiger partial charge in [0.15, 0.2) is 0 Å². The van der Waals surface area contributed by atoms with Gasteiger partial charge in [0.2, 0.25) is 5.91 Å². The molecule has 1 aliphatic rings. The molecule has 2 heterocycles. The molecule has 104 valence electrons. The Labute approximate surface area is 114 Å². The van der Waals surface area contributed by atoms with E-state index in [1.165, 1.54) is 0 Å². The number of aromatic nitrogens is 1. The van der Waals surface area contributed by atoms with Crippen LogP contribution >= 0.6 is 0 Å². The quantitative estimate of drug-likeness (QED) is 0.798. The summed E-state index contributed by atoms with van der Waals surface area (Å²) in [5.41, 5.74) is 0.894. The van der Waals surface area contributed by atoms with Gasteiger partial charge in [-0.15, -0.1) is 0 Å². The van der Waals surface area contributed by atoms with E-state index in [9.17, 15) is 4.79 Å². The Hall–Kier alpha value is -1.46. The molecule has 1 unspecified atom stereocenters. The predicted molar refractivity (Wildman–Crippen MR) is 74.6 cm³/mol. The molecule has 1 fully saturated rings. The molecule has 1 atom stereocenters. The fourth-order valence-corrected chi connectivity index (χ4v) is 2.22. The molecule has 0 aliphatic carbocycles. The number of nitrogens with zero attached hydrogens (tertiary/aromatic N) is 2. The number of hydrogen-bond acceptors (Lipinski definition) is 4. The van der Waals surface area contributed by atoms with Gasteiger partial charge < -0.3 is 15.5 Å². The average molecular weight is 262 g/mol. The summed E-state index contributed by atoms with van der Waals surface area (Å²) in [6, 6.07) is 5.72. The smallest absolute Gasteiger partial charge is 0.224 e. The van der Waals surface area contributed by atoms with Gasteiger partial charge in [-0.25, -0.2) is 0 Å². The zero-order valence-corrected chi connectivity index (χ0v) is 11.4. The van der Waals surface area contributed by atoms with Crippen LogP contribution in [0.25, 0.3) is 0 Å². The Bertz CT molecular complexity index is 390. The van der Waals surface area contributed by atoms with Gasteiger partial charge in [-0.3, -0.25) is 9.78 Å².